The van der Waals surface area contributed by atoms with Crippen molar-refractivity contribution in [3.8, 4) is 0 Å². The number of ketones is 2. The van der Waals surface area contributed by atoms with Gasteiger partial charge in [-0.3, -0.25) is 9.59 Å². The van der Waals surface area contributed by atoms with E-state index >= 15 is 0 Å². The van der Waals surface area contributed by atoms with E-state index in [1.165, 1.54) is 5.57 Å². The van der Waals surface area contributed by atoms with Crippen LogP contribution in [0.1, 0.15) is 46.0 Å². The van der Waals surface area contributed by atoms with Crippen LogP contribution in [0, 0.1) is 28.6 Å². The van der Waals surface area contributed by atoms with Gasteiger partial charge in [-0.25, -0.2) is 0 Å². The first kappa shape index (κ1) is 14.4. The summed E-state index contributed by atoms with van der Waals surface area (Å²) in [5.41, 5.74) is 0.860. The molecule has 3 heteroatoms. The smallest absolute Gasteiger partial charge is 0.178 e. The molecule has 0 aliphatic heterocycles. The number of Topliss-reactive ketones (excluding diaryl/α,β-unsaturated/α-hetero) is 1. The van der Waals surface area contributed by atoms with Gasteiger partial charge in [0.1, 0.15) is 5.78 Å². The fourth-order valence-corrected chi connectivity index (χ4v) is 6.03. The molecule has 4 aliphatic carbocycles. The highest BCUT2D eigenvalue weighted by atomic mass is 16.3. The Balaban J connectivity index is 1.74. The molecule has 0 radical (unpaired) electrons. The summed E-state index contributed by atoms with van der Waals surface area (Å²) in [6.07, 6.45) is 9.27. The van der Waals surface area contributed by atoms with Crippen molar-refractivity contribution in [3.63, 3.8) is 0 Å². The normalized spacial score (nSPS) is 50.2. The van der Waals surface area contributed by atoms with Gasteiger partial charge in [-0.15, -0.1) is 0 Å². The van der Waals surface area contributed by atoms with Crippen LogP contribution in [0.25, 0.3) is 0 Å². The van der Waals surface area contributed by atoms with Gasteiger partial charge < -0.3 is 5.11 Å². The molecule has 0 saturated heterocycles. The van der Waals surface area contributed by atoms with E-state index in [0.717, 1.165) is 25.7 Å². The predicted molar refractivity (Wildman–Crippen MR) is 83.0 cm³/mol. The Labute approximate surface area is 131 Å². The molecule has 118 valence electrons. The fraction of sp³-hybridized carbons (Fsp3) is 0.684. The van der Waals surface area contributed by atoms with Crippen molar-refractivity contribution in [2.75, 3.05) is 0 Å². The molecule has 3 saturated carbocycles. The van der Waals surface area contributed by atoms with Gasteiger partial charge in [-0.05, 0) is 49.7 Å². The minimum absolute atomic E-state index is 0.0660. The van der Waals surface area contributed by atoms with E-state index in [1.807, 2.05) is 6.08 Å². The second-order valence-electron chi connectivity index (χ2n) is 8.17. The number of aliphatic hydroxyl groups excluding tert-OH is 1. The monoisotopic (exact) mass is 300 g/mol. The summed E-state index contributed by atoms with van der Waals surface area (Å²) in [7, 11) is 0. The maximum Gasteiger partial charge on any atom is 0.178 e. The van der Waals surface area contributed by atoms with Gasteiger partial charge in [0.25, 0.3) is 0 Å². The Morgan fingerprint density at radius 1 is 1.23 bits per heavy atom. The van der Waals surface area contributed by atoms with Crippen LogP contribution in [-0.2, 0) is 9.59 Å². The van der Waals surface area contributed by atoms with Crippen LogP contribution in [0.5, 0.6) is 0 Å². The van der Waals surface area contributed by atoms with Gasteiger partial charge in [0.2, 0.25) is 0 Å². The van der Waals surface area contributed by atoms with E-state index in [9.17, 15) is 14.7 Å². The van der Waals surface area contributed by atoms with Crippen LogP contribution < -0.4 is 0 Å². The first-order chi connectivity index (χ1) is 10.4. The molecule has 0 aromatic heterocycles. The van der Waals surface area contributed by atoms with Crippen molar-refractivity contribution < 1.29 is 14.7 Å². The maximum absolute atomic E-state index is 12.4. The number of hydrogen-bond acceptors (Lipinski definition) is 3. The van der Waals surface area contributed by atoms with E-state index in [0.29, 0.717) is 18.3 Å². The molecule has 0 bridgehead atoms. The average molecular weight is 300 g/mol. The molecule has 4 rings (SSSR count). The van der Waals surface area contributed by atoms with E-state index < -0.39 is 6.10 Å². The lowest BCUT2D eigenvalue weighted by atomic mass is 9.48. The predicted octanol–water partition coefficient (Wildman–Crippen LogP) is 2.83. The largest absolute Gasteiger partial charge is 0.392 e. The van der Waals surface area contributed by atoms with Crippen molar-refractivity contribution in [1.29, 1.82) is 0 Å². The standard InChI is InChI=1S/C19H24O3/c1-18-7-5-12(20)9-11(18)3-4-13-14(18)6-8-19(2)16(22)10-15(21)17(13)19/h5,7,9,13-15,17,21H,3-4,6,8,10H2,1-2H3/t13-,14+,15+,17-,18+,19-/m1/s1. The van der Waals surface area contributed by atoms with E-state index in [-0.39, 0.29) is 28.3 Å². The SMILES string of the molecule is C[C@]12C=CC(=O)C=C1CC[C@H]1[C@@H]3[C@@H](O)CC(=O)[C@@]3(C)CC[C@@H]12. The summed E-state index contributed by atoms with van der Waals surface area (Å²) < 4.78 is 0. The Morgan fingerprint density at radius 2 is 2.00 bits per heavy atom. The second kappa shape index (κ2) is 4.41. The van der Waals surface area contributed by atoms with Crippen molar-refractivity contribution in [1.82, 2.24) is 0 Å². The molecule has 4 aliphatic rings. The number of hydrogen-bond donors (Lipinski definition) is 1. The molecule has 6 atom stereocenters. The zero-order valence-corrected chi connectivity index (χ0v) is 13.3. The summed E-state index contributed by atoms with van der Waals surface area (Å²) in [5, 5.41) is 10.5. The molecule has 0 spiro atoms. The summed E-state index contributed by atoms with van der Waals surface area (Å²) in [4.78, 5) is 24.1. The molecule has 3 fully saturated rings. The maximum atomic E-state index is 12.4. The molecule has 0 heterocycles. The third kappa shape index (κ3) is 1.66. The molecule has 0 unspecified atom stereocenters. The molecule has 0 aromatic rings. The Hall–Kier alpha value is -1.22. The van der Waals surface area contributed by atoms with E-state index in [2.05, 4.69) is 19.9 Å². The molecular weight excluding hydrogens is 276 g/mol. The lowest BCUT2D eigenvalue weighted by Crippen LogP contribution is -2.51. The fourth-order valence-electron chi connectivity index (χ4n) is 6.03. The zero-order chi connectivity index (χ0) is 15.7. The molecule has 3 nitrogen and oxygen atoms in total. The van der Waals surface area contributed by atoms with Crippen molar-refractivity contribution in [2.24, 2.45) is 28.6 Å². The van der Waals surface area contributed by atoms with E-state index in [4.69, 9.17) is 0 Å². The average Bonchev–Trinajstić information content (AvgIpc) is 2.70. The molecular formula is C19H24O3. The number of rotatable bonds is 0. The molecule has 0 amide bonds. The van der Waals surface area contributed by atoms with Gasteiger partial charge in [-0.2, -0.15) is 0 Å². The highest BCUT2D eigenvalue weighted by molar-refractivity contribution is 6.01. The van der Waals surface area contributed by atoms with Gasteiger partial charge in [0, 0.05) is 23.2 Å². The quantitative estimate of drug-likeness (QED) is 0.748. The highest BCUT2D eigenvalue weighted by Crippen LogP contribution is 2.63. The van der Waals surface area contributed by atoms with Gasteiger partial charge >= 0.3 is 0 Å². The topological polar surface area (TPSA) is 54.4 Å². The minimum Gasteiger partial charge on any atom is -0.392 e. The lowest BCUT2D eigenvalue weighted by Gasteiger charge is -2.55. The number of carbonyl (C=O) groups excluding carboxylic acids is 2. The molecule has 0 aromatic carbocycles. The number of carbonyl (C=O) groups is 2. The van der Waals surface area contributed by atoms with Crippen LogP contribution in [0.4, 0.5) is 0 Å². The summed E-state index contributed by atoms with van der Waals surface area (Å²) >= 11 is 0. The van der Waals surface area contributed by atoms with Crippen LogP contribution in [0.2, 0.25) is 0 Å². The zero-order valence-electron chi connectivity index (χ0n) is 13.3. The Morgan fingerprint density at radius 3 is 2.77 bits per heavy atom. The van der Waals surface area contributed by atoms with Crippen LogP contribution in [0.15, 0.2) is 23.8 Å². The molecule has 22 heavy (non-hydrogen) atoms. The minimum atomic E-state index is -0.478. The molecule has 1 N–H and O–H groups in total. The summed E-state index contributed by atoms with van der Waals surface area (Å²) in [5.74, 6) is 1.28. The summed E-state index contributed by atoms with van der Waals surface area (Å²) in [6.45, 7) is 4.31. The Kier molecular flexibility index (Phi) is 2.88. The van der Waals surface area contributed by atoms with Gasteiger partial charge in [0.15, 0.2) is 5.78 Å². The lowest BCUT2D eigenvalue weighted by molar-refractivity contribution is -0.132. The van der Waals surface area contributed by atoms with Crippen molar-refractivity contribution in [3.05, 3.63) is 23.8 Å². The number of aliphatic hydroxyl groups is 1. The van der Waals surface area contributed by atoms with Gasteiger partial charge in [-0.1, -0.05) is 25.5 Å². The van der Waals surface area contributed by atoms with Crippen molar-refractivity contribution >= 4 is 11.6 Å². The summed E-state index contributed by atoms with van der Waals surface area (Å²) in [6, 6.07) is 0. The first-order valence-electron chi connectivity index (χ1n) is 8.52. The van der Waals surface area contributed by atoms with Gasteiger partial charge in [0.05, 0.1) is 6.10 Å². The third-order valence-corrected chi connectivity index (χ3v) is 7.25. The highest BCUT2D eigenvalue weighted by Gasteiger charge is 2.61. The van der Waals surface area contributed by atoms with Crippen LogP contribution in [0.3, 0.4) is 0 Å². The van der Waals surface area contributed by atoms with E-state index in [1.54, 1.807) is 6.08 Å². The van der Waals surface area contributed by atoms with Crippen LogP contribution in [-0.4, -0.2) is 22.8 Å². The first-order valence-corrected chi connectivity index (χ1v) is 8.52. The van der Waals surface area contributed by atoms with Crippen molar-refractivity contribution in [2.45, 2.75) is 52.1 Å². The Bertz CT molecular complexity index is 616. The second-order valence-corrected chi connectivity index (χ2v) is 8.17. The van der Waals surface area contributed by atoms with Crippen LogP contribution >= 0.6 is 0 Å². The third-order valence-electron chi connectivity index (χ3n) is 7.25. The number of allylic oxidation sites excluding steroid dienone is 4. The number of fused-ring (bicyclic) bond motifs is 5.